The van der Waals surface area contributed by atoms with Crippen LogP contribution >= 0.6 is 0 Å². The summed E-state index contributed by atoms with van der Waals surface area (Å²) >= 11 is 0. The molecule has 0 unspecified atom stereocenters. The van der Waals surface area contributed by atoms with Crippen molar-refractivity contribution in [1.82, 2.24) is 9.80 Å². The van der Waals surface area contributed by atoms with Crippen molar-refractivity contribution >= 4 is 17.8 Å². The van der Waals surface area contributed by atoms with Crippen LogP contribution in [0.3, 0.4) is 0 Å². The van der Waals surface area contributed by atoms with Gasteiger partial charge in [-0.05, 0) is 6.42 Å². The fourth-order valence-electron chi connectivity index (χ4n) is 2.09. The highest BCUT2D eigenvalue weighted by Gasteiger charge is 2.24. The molecule has 0 atom stereocenters. The Morgan fingerprint density at radius 1 is 1.00 bits per heavy atom. The second-order valence-corrected chi connectivity index (χ2v) is 5.11. The topological polar surface area (TPSA) is 77.9 Å². The number of nitrogens with zero attached hydrogens (tertiary/aromatic N) is 2. The third-order valence-electron chi connectivity index (χ3n) is 3.22. The van der Waals surface area contributed by atoms with Gasteiger partial charge in [0.25, 0.3) is 0 Å². The lowest BCUT2D eigenvalue weighted by Crippen LogP contribution is -2.51. The molecule has 0 bridgehead atoms. The Morgan fingerprint density at radius 3 is 2.00 bits per heavy atom. The molecule has 0 radical (unpaired) electrons. The average Bonchev–Trinajstić information content (AvgIpc) is 2.37. The van der Waals surface area contributed by atoms with E-state index in [0.29, 0.717) is 32.6 Å². The number of carbonyl (C=O) groups is 3. The normalized spacial score (nSPS) is 15.7. The van der Waals surface area contributed by atoms with Gasteiger partial charge in [-0.25, -0.2) is 0 Å². The highest BCUT2D eigenvalue weighted by molar-refractivity contribution is 5.79. The lowest BCUT2D eigenvalue weighted by Gasteiger charge is -2.35. The minimum atomic E-state index is -0.875. The van der Waals surface area contributed by atoms with Gasteiger partial charge in [-0.15, -0.1) is 0 Å². The molecule has 1 fully saturated rings. The number of carboxylic acids is 1. The predicted molar refractivity (Wildman–Crippen MR) is 69.5 cm³/mol. The lowest BCUT2D eigenvalue weighted by atomic mass is 10.1. The summed E-state index contributed by atoms with van der Waals surface area (Å²) in [4.78, 5) is 37.5. The largest absolute Gasteiger partial charge is 0.481 e. The first-order valence-electron chi connectivity index (χ1n) is 6.70. The number of hydrogen-bond donors (Lipinski definition) is 1. The van der Waals surface area contributed by atoms with Crippen molar-refractivity contribution in [2.75, 3.05) is 26.2 Å². The Hall–Kier alpha value is -1.59. The Balaban J connectivity index is 2.31. The molecule has 1 saturated heterocycles. The molecule has 0 aromatic rings. The van der Waals surface area contributed by atoms with Crippen LogP contribution in [-0.4, -0.2) is 58.9 Å². The van der Waals surface area contributed by atoms with Crippen molar-refractivity contribution in [3.63, 3.8) is 0 Å². The van der Waals surface area contributed by atoms with Gasteiger partial charge < -0.3 is 14.9 Å². The minimum absolute atomic E-state index is 0.0158. The van der Waals surface area contributed by atoms with Crippen molar-refractivity contribution in [1.29, 1.82) is 0 Å². The summed E-state index contributed by atoms with van der Waals surface area (Å²) in [5, 5.41) is 8.52. The minimum Gasteiger partial charge on any atom is -0.481 e. The fourth-order valence-corrected chi connectivity index (χ4v) is 2.09. The van der Waals surface area contributed by atoms with Gasteiger partial charge in [0.1, 0.15) is 0 Å². The highest BCUT2D eigenvalue weighted by Crippen LogP contribution is 2.09. The molecule has 1 rings (SSSR count). The van der Waals surface area contributed by atoms with E-state index in [0.717, 1.165) is 0 Å². The van der Waals surface area contributed by atoms with Gasteiger partial charge in [-0.1, -0.05) is 13.8 Å². The molecule has 0 aromatic heterocycles. The van der Waals surface area contributed by atoms with E-state index < -0.39 is 5.97 Å². The third kappa shape index (κ3) is 4.89. The van der Waals surface area contributed by atoms with Crippen LogP contribution in [0.1, 0.15) is 33.1 Å². The van der Waals surface area contributed by atoms with Crippen molar-refractivity contribution in [2.45, 2.75) is 33.1 Å². The van der Waals surface area contributed by atoms with E-state index in [1.165, 1.54) is 0 Å². The summed E-state index contributed by atoms with van der Waals surface area (Å²) in [5.74, 6) is -0.783. The molecule has 0 aromatic carbocycles. The molecule has 6 nitrogen and oxygen atoms in total. The zero-order valence-electron chi connectivity index (χ0n) is 11.6. The van der Waals surface area contributed by atoms with E-state index >= 15 is 0 Å². The number of piperazine rings is 1. The molecular weight excluding hydrogens is 248 g/mol. The molecule has 0 aliphatic carbocycles. The number of carboxylic acid groups (broad SMARTS) is 1. The monoisotopic (exact) mass is 270 g/mol. The second kappa shape index (κ2) is 7.11. The van der Waals surface area contributed by atoms with Gasteiger partial charge >= 0.3 is 5.97 Å². The number of carbonyl (C=O) groups excluding carboxylic acids is 2. The number of amides is 2. The molecule has 108 valence electrons. The van der Waals surface area contributed by atoms with E-state index in [-0.39, 0.29) is 30.6 Å². The van der Waals surface area contributed by atoms with Crippen LogP contribution < -0.4 is 0 Å². The summed E-state index contributed by atoms with van der Waals surface area (Å²) in [6.07, 6.45) is 0.668. The SMILES string of the molecule is CC(C)C(=O)N1CCN(C(=O)CCCC(=O)O)CC1. The van der Waals surface area contributed by atoms with Gasteiger partial charge in [-0.3, -0.25) is 14.4 Å². The summed E-state index contributed by atoms with van der Waals surface area (Å²) in [7, 11) is 0. The molecule has 1 aliphatic rings. The van der Waals surface area contributed by atoms with Gasteiger partial charge in [0.2, 0.25) is 11.8 Å². The Morgan fingerprint density at radius 2 is 1.53 bits per heavy atom. The van der Waals surface area contributed by atoms with Crippen molar-refractivity contribution in [3.05, 3.63) is 0 Å². The van der Waals surface area contributed by atoms with Crippen LogP contribution in [0.5, 0.6) is 0 Å². The van der Waals surface area contributed by atoms with Crippen molar-refractivity contribution in [3.8, 4) is 0 Å². The summed E-state index contributed by atoms with van der Waals surface area (Å²) in [6, 6.07) is 0. The first-order chi connectivity index (χ1) is 8.91. The molecule has 19 heavy (non-hydrogen) atoms. The molecule has 1 N–H and O–H groups in total. The maximum absolute atomic E-state index is 11.8. The van der Waals surface area contributed by atoms with E-state index in [4.69, 9.17) is 5.11 Å². The molecule has 6 heteroatoms. The quantitative estimate of drug-likeness (QED) is 0.792. The Kier molecular flexibility index (Phi) is 5.79. The van der Waals surface area contributed by atoms with Crippen LogP contribution in [0.15, 0.2) is 0 Å². The van der Waals surface area contributed by atoms with E-state index in [9.17, 15) is 14.4 Å². The molecular formula is C13H22N2O4. The molecule has 1 heterocycles. The van der Waals surface area contributed by atoms with E-state index in [1.54, 1.807) is 9.80 Å². The molecule has 0 spiro atoms. The summed E-state index contributed by atoms with van der Waals surface area (Å²) < 4.78 is 0. The zero-order chi connectivity index (χ0) is 14.4. The average molecular weight is 270 g/mol. The van der Waals surface area contributed by atoms with Crippen LogP contribution in [0.25, 0.3) is 0 Å². The maximum Gasteiger partial charge on any atom is 0.303 e. The zero-order valence-corrected chi connectivity index (χ0v) is 11.6. The summed E-state index contributed by atoms with van der Waals surface area (Å²) in [5.41, 5.74) is 0. The first kappa shape index (κ1) is 15.5. The fraction of sp³-hybridized carbons (Fsp3) is 0.769. The maximum atomic E-state index is 11.8. The smallest absolute Gasteiger partial charge is 0.303 e. The van der Waals surface area contributed by atoms with Crippen molar-refractivity contribution < 1.29 is 19.5 Å². The number of hydrogen-bond acceptors (Lipinski definition) is 3. The number of aliphatic carboxylic acids is 1. The van der Waals surface area contributed by atoms with Crippen molar-refractivity contribution in [2.24, 2.45) is 5.92 Å². The number of rotatable bonds is 5. The Bertz CT molecular complexity index is 347. The van der Waals surface area contributed by atoms with Crippen LogP contribution in [0, 0.1) is 5.92 Å². The highest BCUT2D eigenvalue weighted by atomic mass is 16.4. The van der Waals surface area contributed by atoms with E-state index in [1.807, 2.05) is 13.8 Å². The van der Waals surface area contributed by atoms with Crippen LogP contribution in [0.4, 0.5) is 0 Å². The molecule has 0 saturated carbocycles. The first-order valence-corrected chi connectivity index (χ1v) is 6.70. The van der Waals surface area contributed by atoms with Gasteiger partial charge in [0.05, 0.1) is 0 Å². The van der Waals surface area contributed by atoms with Crippen LogP contribution in [0.2, 0.25) is 0 Å². The second-order valence-electron chi connectivity index (χ2n) is 5.11. The summed E-state index contributed by atoms with van der Waals surface area (Å²) in [6.45, 7) is 5.97. The molecule has 2 amide bonds. The van der Waals surface area contributed by atoms with Crippen LogP contribution in [-0.2, 0) is 14.4 Å². The molecule has 1 aliphatic heterocycles. The van der Waals surface area contributed by atoms with Gasteiger partial charge in [0, 0.05) is 44.9 Å². The predicted octanol–water partition coefficient (Wildman–Crippen LogP) is 0.568. The lowest BCUT2D eigenvalue weighted by molar-refractivity contribution is -0.142. The van der Waals surface area contributed by atoms with E-state index in [2.05, 4.69) is 0 Å². The standard InChI is InChI=1S/C13H22N2O4/c1-10(2)13(19)15-8-6-14(7-9-15)11(16)4-3-5-12(17)18/h10H,3-9H2,1-2H3,(H,17,18). The Labute approximate surface area is 113 Å². The third-order valence-corrected chi connectivity index (χ3v) is 3.22. The van der Waals surface area contributed by atoms with Gasteiger partial charge in [0.15, 0.2) is 0 Å². The van der Waals surface area contributed by atoms with Gasteiger partial charge in [-0.2, -0.15) is 0 Å².